The van der Waals surface area contributed by atoms with Gasteiger partial charge in [-0.2, -0.15) is 0 Å². The molecule has 1 N–H and O–H groups in total. The maximum absolute atomic E-state index is 10.2. The minimum atomic E-state index is -0.0451. The van der Waals surface area contributed by atoms with Gasteiger partial charge in [-0.25, -0.2) is 0 Å². The van der Waals surface area contributed by atoms with Gasteiger partial charge in [0, 0.05) is 19.0 Å². The van der Waals surface area contributed by atoms with Crippen LogP contribution in [-0.4, -0.2) is 35.3 Å². The van der Waals surface area contributed by atoms with Gasteiger partial charge in [-0.3, -0.25) is 4.90 Å². The number of likely N-dealkylation sites (tertiary alicyclic amines) is 1. The SMILES string of the molecule is OC[C@H]1[C@H](OCc2ccccc2)[C@@H](c2ccccc2)CN1Cc1ccccc1. The van der Waals surface area contributed by atoms with E-state index in [0.717, 1.165) is 18.7 Å². The summed E-state index contributed by atoms with van der Waals surface area (Å²) in [6.07, 6.45) is -0.0451. The Labute approximate surface area is 167 Å². The molecule has 0 saturated carbocycles. The van der Waals surface area contributed by atoms with Crippen LogP contribution in [0.25, 0.3) is 0 Å². The molecule has 0 radical (unpaired) electrons. The van der Waals surface area contributed by atoms with Crippen molar-refractivity contribution in [3.8, 4) is 0 Å². The van der Waals surface area contributed by atoms with E-state index in [1.807, 2.05) is 30.3 Å². The highest BCUT2D eigenvalue weighted by Gasteiger charge is 2.42. The fourth-order valence-corrected chi connectivity index (χ4v) is 4.18. The molecule has 3 aromatic rings. The standard InChI is InChI=1S/C25H27NO2/c27-18-24-25(28-19-21-12-6-2-7-13-21)23(22-14-8-3-9-15-22)17-26(24)16-20-10-4-1-5-11-20/h1-15,23-25,27H,16-19H2/t23-,24+,25-/m1/s1. The number of aliphatic hydroxyl groups is 1. The molecule has 0 aromatic heterocycles. The summed E-state index contributed by atoms with van der Waals surface area (Å²) in [6.45, 7) is 2.35. The van der Waals surface area contributed by atoms with E-state index in [1.54, 1.807) is 0 Å². The zero-order valence-electron chi connectivity index (χ0n) is 16.0. The van der Waals surface area contributed by atoms with Crippen LogP contribution < -0.4 is 0 Å². The number of nitrogens with zero attached hydrogens (tertiary/aromatic N) is 1. The van der Waals surface area contributed by atoms with Crippen molar-refractivity contribution in [2.75, 3.05) is 13.2 Å². The quantitative estimate of drug-likeness (QED) is 0.673. The van der Waals surface area contributed by atoms with E-state index in [9.17, 15) is 5.11 Å². The number of benzene rings is 3. The van der Waals surface area contributed by atoms with Crippen LogP contribution in [0.4, 0.5) is 0 Å². The highest BCUT2D eigenvalue weighted by molar-refractivity contribution is 5.25. The van der Waals surface area contributed by atoms with Gasteiger partial charge in [-0.05, 0) is 16.7 Å². The Balaban J connectivity index is 1.56. The summed E-state index contributed by atoms with van der Waals surface area (Å²) >= 11 is 0. The number of ether oxygens (including phenoxy) is 1. The second kappa shape index (κ2) is 9.16. The summed E-state index contributed by atoms with van der Waals surface area (Å²) in [6, 6.07) is 31.2. The lowest BCUT2D eigenvalue weighted by atomic mass is 9.93. The minimum Gasteiger partial charge on any atom is -0.395 e. The summed E-state index contributed by atoms with van der Waals surface area (Å²) in [5, 5.41) is 10.2. The van der Waals surface area contributed by atoms with E-state index in [4.69, 9.17) is 4.74 Å². The van der Waals surface area contributed by atoms with Gasteiger partial charge in [0.2, 0.25) is 0 Å². The number of hydrogen-bond donors (Lipinski definition) is 1. The fourth-order valence-electron chi connectivity index (χ4n) is 4.18. The Hall–Kier alpha value is -2.46. The lowest BCUT2D eigenvalue weighted by Gasteiger charge is -2.27. The molecule has 3 heteroatoms. The van der Waals surface area contributed by atoms with E-state index in [-0.39, 0.29) is 24.7 Å². The molecule has 0 spiro atoms. The van der Waals surface area contributed by atoms with Crippen molar-refractivity contribution in [1.82, 2.24) is 4.90 Å². The van der Waals surface area contributed by atoms with E-state index >= 15 is 0 Å². The molecule has 4 rings (SSSR count). The van der Waals surface area contributed by atoms with Gasteiger partial charge in [-0.1, -0.05) is 91.0 Å². The van der Waals surface area contributed by atoms with E-state index in [1.165, 1.54) is 11.1 Å². The molecule has 1 fully saturated rings. The van der Waals surface area contributed by atoms with Crippen molar-refractivity contribution in [3.05, 3.63) is 108 Å². The number of hydrogen-bond acceptors (Lipinski definition) is 3. The van der Waals surface area contributed by atoms with Crippen molar-refractivity contribution in [2.24, 2.45) is 0 Å². The normalized spacial score (nSPS) is 22.4. The molecule has 0 unspecified atom stereocenters. The summed E-state index contributed by atoms with van der Waals surface area (Å²) < 4.78 is 6.43. The lowest BCUT2D eigenvalue weighted by Crippen LogP contribution is -2.39. The van der Waals surface area contributed by atoms with Crippen LogP contribution in [0, 0.1) is 0 Å². The van der Waals surface area contributed by atoms with Gasteiger partial charge in [-0.15, -0.1) is 0 Å². The second-order valence-electron chi connectivity index (χ2n) is 7.44. The molecule has 3 aromatic carbocycles. The topological polar surface area (TPSA) is 32.7 Å². The number of aliphatic hydroxyl groups excluding tert-OH is 1. The predicted molar refractivity (Wildman–Crippen MR) is 112 cm³/mol. The number of rotatable bonds is 7. The Morgan fingerprint density at radius 3 is 1.96 bits per heavy atom. The highest BCUT2D eigenvalue weighted by Crippen LogP contribution is 2.35. The van der Waals surface area contributed by atoms with Crippen LogP contribution in [0.2, 0.25) is 0 Å². The van der Waals surface area contributed by atoms with Crippen molar-refractivity contribution in [1.29, 1.82) is 0 Å². The fraction of sp³-hybridized carbons (Fsp3) is 0.280. The van der Waals surface area contributed by atoms with Gasteiger partial charge in [0.05, 0.1) is 25.4 Å². The van der Waals surface area contributed by atoms with Crippen LogP contribution in [0.5, 0.6) is 0 Å². The first-order valence-electron chi connectivity index (χ1n) is 9.94. The third-order valence-electron chi connectivity index (χ3n) is 5.60. The Kier molecular flexibility index (Phi) is 6.17. The summed E-state index contributed by atoms with van der Waals surface area (Å²) in [7, 11) is 0. The molecule has 0 aliphatic carbocycles. The van der Waals surface area contributed by atoms with Crippen LogP contribution >= 0.6 is 0 Å². The van der Waals surface area contributed by atoms with Gasteiger partial charge < -0.3 is 9.84 Å². The molecule has 0 bridgehead atoms. The molecule has 1 heterocycles. The van der Waals surface area contributed by atoms with Crippen LogP contribution in [0.3, 0.4) is 0 Å². The first-order valence-corrected chi connectivity index (χ1v) is 9.94. The molecule has 28 heavy (non-hydrogen) atoms. The van der Waals surface area contributed by atoms with Crippen molar-refractivity contribution >= 4 is 0 Å². The van der Waals surface area contributed by atoms with E-state index in [2.05, 4.69) is 65.6 Å². The zero-order chi connectivity index (χ0) is 19.2. The second-order valence-corrected chi connectivity index (χ2v) is 7.44. The molecule has 1 saturated heterocycles. The average Bonchev–Trinajstić information content (AvgIpc) is 3.11. The van der Waals surface area contributed by atoms with Crippen molar-refractivity contribution < 1.29 is 9.84 Å². The maximum Gasteiger partial charge on any atom is 0.0837 e. The smallest absolute Gasteiger partial charge is 0.0837 e. The third-order valence-corrected chi connectivity index (χ3v) is 5.60. The molecule has 1 aliphatic rings. The summed E-state index contributed by atoms with van der Waals surface area (Å²) in [5.41, 5.74) is 3.69. The summed E-state index contributed by atoms with van der Waals surface area (Å²) in [5.74, 6) is 0.241. The van der Waals surface area contributed by atoms with Gasteiger partial charge in [0.15, 0.2) is 0 Å². The predicted octanol–water partition coefficient (Wildman–Crippen LogP) is 4.23. The molecule has 0 amide bonds. The van der Waals surface area contributed by atoms with Gasteiger partial charge in [0.25, 0.3) is 0 Å². The molecule has 144 valence electrons. The Morgan fingerprint density at radius 2 is 1.36 bits per heavy atom. The van der Waals surface area contributed by atoms with E-state index < -0.39 is 0 Å². The molecular formula is C25H27NO2. The van der Waals surface area contributed by atoms with Crippen molar-refractivity contribution in [2.45, 2.75) is 31.2 Å². The Morgan fingerprint density at radius 1 is 0.786 bits per heavy atom. The monoisotopic (exact) mass is 373 g/mol. The largest absolute Gasteiger partial charge is 0.395 e. The van der Waals surface area contributed by atoms with Gasteiger partial charge in [0.1, 0.15) is 0 Å². The first kappa shape index (κ1) is 18.9. The molecule has 3 atom stereocenters. The molecule has 3 nitrogen and oxygen atoms in total. The maximum atomic E-state index is 10.2. The molecular weight excluding hydrogens is 346 g/mol. The van der Waals surface area contributed by atoms with Crippen LogP contribution in [0.1, 0.15) is 22.6 Å². The zero-order valence-corrected chi connectivity index (χ0v) is 16.0. The van der Waals surface area contributed by atoms with Gasteiger partial charge >= 0.3 is 0 Å². The average molecular weight is 373 g/mol. The lowest BCUT2D eigenvalue weighted by molar-refractivity contribution is -0.00955. The summed E-state index contributed by atoms with van der Waals surface area (Å²) in [4.78, 5) is 2.36. The minimum absolute atomic E-state index is 0.0193. The Bertz CT molecular complexity index is 838. The van der Waals surface area contributed by atoms with Crippen molar-refractivity contribution in [3.63, 3.8) is 0 Å². The first-order chi connectivity index (χ1) is 13.8. The van der Waals surface area contributed by atoms with E-state index in [0.29, 0.717) is 6.61 Å². The van der Waals surface area contributed by atoms with Crippen LogP contribution in [-0.2, 0) is 17.9 Å². The highest BCUT2D eigenvalue weighted by atomic mass is 16.5. The molecule has 1 aliphatic heterocycles. The van der Waals surface area contributed by atoms with Crippen LogP contribution in [0.15, 0.2) is 91.0 Å². The third kappa shape index (κ3) is 4.33.